The Bertz CT molecular complexity index is 1030. The van der Waals surface area contributed by atoms with Gasteiger partial charge in [0.2, 0.25) is 10.0 Å². The summed E-state index contributed by atoms with van der Waals surface area (Å²) in [7, 11) is -3.43. The first kappa shape index (κ1) is 19.7. The first-order valence-corrected chi connectivity index (χ1v) is 12.1. The summed E-state index contributed by atoms with van der Waals surface area (Å²) < 4.78 is 28.1. The topological polar surface area (TPSA) is 53.5 Å². The molecule has 1 aromatic heterocycles. The zero-order valence-electron chi connectivity index (χ0n) is 15.2. The number of sulfonamides is 1. The number of thiazole rings is 1. The van der Waals surface area contributed by atoms with Crippen molar-refractivity contribution in [2.45, 2.75) is 11.4 Å². The second kappa shape index (κ2) is 8.42. The van der Waals surface area contributed by atoms with Gasteiger partial charge < -0.3 is 0 Å². The lowest BCUT2D eigenvalue weighted by Crippen LogP contribution is -2.48. The predicted octanol–water partition coefficient (Wildman–Crippen LogP) is 4.08. The highest BCUT2D eigenvalue weighted by atomic mass is 79.9. The summed E-state index contributed by atoms with van der Waals surface area (Å²) in [6, 6.07) is 17.0. The molecular formula is C20H20BrN3O2S2. The van der Waals surface area contributed by atoms with Crippen LogP contribution >= 0.6 is 27.3 Å². The SMILES string of the molecule is O=S(=O)(c1ccc(Br)cc1)N1CCN(Cc2nc(-c3ccccc3)cs2)CC1. The molecule has 5 nitrogen and oxygen atoms in total. The summed E-state index contributed by atoms with van der Waals surface area (Å²) in [6.45, 7) is 3.15. The van der Waals surface area contributed by atoms with Gasteiger partial charge in [0.25, 0.3) is 0 Å². The maximum Gasteiger partial charge on any atom is 0.243 e. The van der Waals surface area contributed by atoms with Crippen LogP contribution in [0.25, 0.3) is 11.3 Å². The van der Waals surface area contributed by atoms with Gasteiger partial charge in [-0.2, -0.15) is 4.31 Å². The summed E-state index contributed by atoms with van der Waals surface area (Å²) in [5.74, 6) is 0. The summed E-state index contributed by atoms with van der Waals surface area (Å²) >= 11 is 5.00. The second-order valence-corrected chi connectivity index (χ2v) is 10.4. The van der Waals surface area contributed by atoms with Crippen LogP contribution in [0.1, 0.15) is 5.01 Å². The maximum atomic E-state index is 12.8. The number of halogens is 1. The minimum absolute atomic E-state index is 0.344. The van der Waals surface area contributed by atoms with Gasteiger partial charge in [0.05, 0.1) is 17.1 Å². The molecule has 2 heterocycles. The van der Waals surface area contributed by atoms with Crippen LogP contribution in [0.15, 0.2) is 69.3 Å². The maximum absolute atomic E-state index is 12.8. The molecule has 0 bridgehead atoms. The molecule has 1 aliphatic heterocycles. The van der Waals surface area contributed by atoms with Gasteiger partial charge in [0.15, 0.2) is 0 Å². The normalized spacial score (nSPS) is 16.3. The molecule has 0 amide bonds. The van der Waals surface area contributed by atoms with Crippen molar-refractivity contribution in [2.24, 2.45) is 0 Å². The van der Waals surface area contributed by atoms with E-state index in [2.05, 4.69) is 38.3 Å². The zero-order valence-corrected chi connectivity index (χ0v) is 18.4. The predicted molar refractivity (Wildman–Crippen MR) is 116 cm³/mol. The highest BCUT2D eigenvalue weighted by Crippen LogP contribution is 2.24. The molecule has 0 N–H and O–H groups in total. The molecular weight excluding hydrogens is 458 g/mol. The second-order valence-electron chi connectivity index (χ2n) is 6.63. The minimum atomic E-state index is -3.43. The first-order valence-electron chi connectivity index (χ1n) is 9.00. The minimum Gasteiger partial charge on any atom is -0.294 e. The van der Waals surface area contributed by atoms with E-state index in [4.69, 9.17) is 4.98 Å². The van der Waals surface area contributed by atoms with E-state index in [1.54, 1.807) is 39.9 Å². The molecule has 0 spiro atoms. The Morgan fingerprint density at radius 3 is 2.32 bits per heavy atom. The van der Waals surface area contributed by atoms with Crippen LogP contribution in [0.4, 0.5) is 0 Å². The molecule has 0 saturated carbocycles. The van der Waals surface area contributed by atoms with Crippen LogP contribution in [0.3, 0.4) is 0 Å². The van der Waals surface area contributed by atoms with Gasteiger partial charge in [-0.1, -0.05) is 46.3 Å². The standard InChI is InChI=1S/C20H20BrN3O2S2/c21-17-6-8-18(9-7-17)28(25,26)24-12-10-23(11-13-24)14-20-22-19(15-27-20)16-4-2-1-3-5-16/h1-9,15H,10-14H2. The number of hydrogen-bond donors (Lipinski definition) is 0. The average molecular weight is 478 g/mol. The van der Waals surface area contributed by atoms with Gasteiger partial charge in [-0.15, -0.1) is 11.3 Å². The van der Waals surface area contributed by atoms with E-state index >= 15 is 0 Å². The lowest BCUT2D eigenvalue weighted by atomic mass is 10.2. The van der Waals surface area contributed by atoms with Gasteiger partial charge >= 0.3 is 0 Å². The van der Waals surface area contributed by atoms with Gasteiger partial charge in [0, 0.05) is 41.6 Å². The lowest BCUT2D eigenvalue weighted by molar-refractivity contribution is 0.181. The molecule has 4 rings (SSSR count). The van der Waals surface area contributed by atoms with Gasteiger partial charge in [-0.25, -0.2) is 13.4 Å². The molecule has 0 radical (unpaired) electrons. The summed E-state index contributed by atoms with van der Waals surface area (Å²) in [5, 5.41) is 3.14. The Morgan fingerprint density at radius 2 is 1.64 bits per heavy atom. The van der Waals surface area contributed by atoms with Crippen LogP contribution in [-0.2, 0) is 16.6 Å². The zero-order chi connectivity index (χ0) is 19.6. The van der Waals surface area contributed by atoms with Gasteiger partial charge in [0.1, 0.15) is 5.01 Å². The van der Waals surface area contributed by atoms with E-state index in [0.717, 1.165) is 27.3 Å². The third-order valence-corrected chi connectivity index (χ3v) is 8.04. The number of nitrogens with zero attached hydrogens (tertiary/aromatic N) is 3. The molecule has 0 unspecified atom stereocenters. The molecule has 0 aliphatic carbocycles. The Morgan fingerprint density at radius 1 is 0.964 bits per heavy atom. The van der Waals surface area contributed by atoms with Crippen molar-refractivity contribution in [3.8, 4) is 11.3 Å². The number of rotatable bonds is 5. The fraction of sp³-hybridized carbons (Fsp3) is 0.250. The Labute approximate surface area is 177 Å². The highest BCUT2D eigenvalue weighted by Gasteiger charge is 2.28. The van der Waals surface area contributed by atoms with Gasteiger partial charge in [-0.3, -0.25) is 4.90 Å². The molecule has 1 saturated heterocycles. The van der Waals surface area contributed by atoms with Crippen molar-refractivity contribution < 1.29 is 8.42 Å². The van der Waals surface area contributed by atoms with E-state index in [-0.39, 0.29) is 0 Å². The van der Waals surface area contributed by atoms with E-state index in [1.165, 1.54) is 0 Å². The van der Waals surface area contributed by atoms with Crippen LogP contribution in [0.5, 0.6) is 0 Å². The van der Waals surface area contributed by atoms with Crippen LogP contribution in [0, 0.1) is 0 Å². The van der Waals surface area contributed by atoms with E-state index < -0.39 is 10.0 Å². The number of piperazine rings is 1. The van der Waals surface area contributed by atoms with Crippen molar-refractivity contribution in [1.29, 1.82) is 0 Å². The Balaban J connectivity index is 1.37. The summed E-state index contributed by atoms with van der Waals surface area (Å²) in [5.41, 5.74) is 2.12. The van der Waals surface area contributed by atoms with E-state index in [0.29, 0.717) is 31.1 Å². The third-order valence-electron chi connectivity index (χ3n) is 4.76. The number of aromatic nitrogens is 1. The van der Waals surface area contributed by atoms with Crippen LogP contribution in [-0.4, -0.2) is 48.8 Å². The first-order chi connectivity index (χ1) is 13.5. The molecule has 3 aromatic rings. The van der Waals surface area contributed by atoms with Crippen molar-refractivity contribution in [3.63, 3.8) is 0 Å². The molecule has 2 aromatic carbocycles. The average Bonchev–Trinajstić information content (AvgIpc) is 3.18. The van der Waals surface area contributed by atoms with Crippen LogP contribution in [0.2, 0.25) is 0 Å². The van der Waals surface area contributed by atoms with E-state index in [9.17, 15) is 8.42 Å². The Hall–Kier alpha value is -1.58. The van der Waals surface area contributed by atoms with Crippen LogP contribution < -0.4 is 0 Å². The summed E-state index contributed by atoms with van der Waals surface area (Å²) in [6.07, 6.45) is 0. The molecule has 28 heavy (non-hydrogen) atoms. The highest BCUT2D eigenvalue weighted by molar-refractivity contribution is 9.10. The largest absolute Gasteiger partial charge is 0.294 e. The van der Waals surface area contributed by atoms with Crippen molar-refractivity contribution >= 4 is 37.3 Å². The van der Waals surface area contributed by atoms with Crippen molar-refractivity contribution in [2.75, 3.05) is 26.2 Å². The summed E-state index contributed by atoms with van der Waals surface area (Å²) in [4.78, 5) is 7.35. The lowest BCUT2D eigenvalue weighted by Gasteiger charge is -2.33. The monoisotopic (exact) mass is 477 g/mol. The third kappa shape index (κ3) is 4.36. The molecule has 1 aliphatic rings. The van der Waals surface area contributed by atoms with Crippen molar-refractivity contribution in [1.82, 2.24) is 14.2 Å². The van der Waals surface area contributed by atoms with Crippen molar-refractivity contribution in [3.05, 3.63) is 69.5 Å². The molecule has 0 atom stereocenters. The van der Waals surface area contributed by atoms with E-state index in [1.807, 2.05) is 18.2 Å². The number of benzene rings is 2. The fourth-order valence-electron chi connectivity index (χ4n) is 3.20. The molecule has 146 valence electrons. The smallest absolute Gasteiger partial charge is 0.243 e. The molecule has 1 fully saturated rings. The number of hydrogen-bond acceptors (Lipinski definition) is 5. The quantitative estimate of drug-likeness (QED) is 0.555. The Kier molecular flexibility index (Phi) is 5.93. The van der Waals surface area contributed by atoms with Gasteiger partial charge in [-0.05, 0) is 24.3 Å². The molecule has 8 heteroatoms. The fourth-order valence-corrected chi connectivity index (χ4v) is 5.73.